The van der Waals surface area contributed by atoms with Gasteiger partial charge in [-0.3, -0.25) is 0 Å². The summed E-state index contributed by atoms with van der Waals surface area (Å²) in [6.45, 7) is 13.5. The molecule has 0 amide bonds. The third-order valence-electron chi connectivity index (χ3n) is 4.35. The molecule has 0 saturated carbocycles. The van der Waals surface area contributed by atoms with E-state index in [4.69, 9.17) is 0 Å². The highest BCUT2D eigenvalue weighted by molar-refractivity contribution is 5.46. The molecule has 1 rings (SSSR count). The number of nitrogens with zero attached hydrogens (tertiary/aromatic N) is 2. The van der Waals surface area contributed by atoms with E-state index in [2.05, 4.69) is 72.8 Å². The highest BCUT2D eigenvalue weighted by atomic mass is 15.5. The van der Waals surface area contributed by atoms with E-state index in [0.717, 1.165) is 22.1 Å². The zero-order valence-corrected chi connectivity index (χ0v) is 14.2. The summed E-state index contributed by atoms with van der Waals surface area (Å²) in [6.07, 6.45) is 2.37. The Morgan fingerprint density at radius 1 is 1.05 bits per heavy atom. The second-order valence-corrected chi connectivity index (χ2v) is 6.55. The Bertz CT molecular complexity index is 454. The van der Waals surface area contributed by atoms with Crippen molar-refractivity contribution in [3.05, 3.63) is 42.2 Å². The fourth-order valence-corrected chi connectivity index (χ4v) is 3.09. The van der Waals surface area contributed by atoms with Crippen LogP contribution in [0, 0.1) is 6.92 Å². The van der Waals surface area contributed by atoms with Crippen molar-refractivity contribution in [2.45, 2.75) is 33.6 Å². The monoisotopic (exact) mass is 276 g/mol. The van der Waals surface area contributed by atoms with Gasteiger partial charge < -0.3 is 0 Å². The first-order valence-corrected chi connectivity index (χ1v) is 7.73. The average molecular weight is 276 g/mol. The van der Waals surface area contributed by atoms with E-state index in [1.165, 1.54) is 29.9 Å². The SMILES string of the molecule is C=C([N+](C)(CCC)CCC)[N+](C)(C)c1cccc(C)c1. The van der Waals surface area contributed by atoms with Gasteiger partial charge in [0.1, 0.15) is 5.69 Å². The van der Waals surface area contributed by atoms with Crippen LogP contribution in [0.25, 0.3) is 0 Å². The molecule has 1 aromatic carbocycles. The van der Waals surface area contributed by atoms with Crippen LogP contribution in [0.15, 0.2) is 36.7 Å². The molecule has 112 valence electrons. The van der Waals surface area contributed by atoms with Crippen molar-refractivity contribution in [2.24, 2.45) is 0 Å². The van der Waals surface area contributed by atoms with Crippen LogP contribution in [0.4, 0.5) is 5.69 Å². The minimum Gasteiger partial charge on any atom is -0.247 e. The molecule has 0 aliphatic carbocycles. The highest BCUT2D eigenvalue weighted by Gasteiger charge is 2.38. The lowest BCUT2D eigenvalue weighted by Gasteiger charge is -2.41. The van der Waals surface area contributed by atoms with E-state index in [0.29, 0.717) is 0 Å². The number of benzene rings is 1. The normalized spacial score (nSPS) is 12.5. The van der Waals surface area contributed by atoms with Crippen molar-refractivity contribution < 1.29 is 4.48 Å². The fraction of sp³-hybridized carbons (Fsp3) is 0.556. The molecule has 0 bridgehead atoms. The molecule has 0 N–H and O–H groups in total. The fourth-order valence-electron chi connectivity index (χ4n) is 3.09. The molecule has 0 atom stereocenters. The summed E-state index contributed by atoms with van der Waals surface area (Å²) in [5, 5.41) is 0. The Morgan fingerprint density at radius 2 is 1.60 bits per heavy atom. The predicted octanol–water partition coefficient (Wildman–Crippen LogP) is 4.30. The molecule has 2 nitrogen and oxygen atoms in total. The third kappa shape index (κ3) is 3.50. The highest BCUT2D eigenvalue weighted by Crippen LogP contribution is 2.30. The van der Waals surface area contributed by atoms with Crippen molar-refractivity contribution in [3.63, 3.8) is 0 Å². The zero-order valence-electron chi connectivity index (χ0n) is 14.2. The first kappa shape index (κ1) is 16.9. The number of aryl methyl sites for hydroxylation is 1. The summed E-state index contributed by atoms with van der Waals surface area (Å²) >= 11 is 0. The van der Waals surface area contributed by atoms with E-state index >= 15 is 0 Å². The van der Waals surface area contributed by atoms with Gasteiger partial charge in [0.2, 0.25) is 0 Å². The van der Waals surface area contributed by atoms with Crippen molar-refractivity contribution in [3.8, 4) is 0 Å². The van der Waals surface area contributed by atoms with Gasteiger partial charge in [0.15, 0.2) is 0 Å². The second kappa shape index (κ2) is 6.55. The molecule has 1 aromatic rings. The first-order chi connectivity index (χ1) is 9.28. The van der Waals surface area contributed by atoms with Crippen molar-refractivity contribution in [1.29, 1.82) is 0 Å². The number of quaternary nitrogens is 2. The largest absolute Gasteiger partial charge is 0.291 e. The van der Waals surface area contributed by atoms with Crippen LogP contribution in [0.2, 0.25) is 0 Å². The van der Waals surface area contributed by atoms with Crippen LogP contribution >= 0.6 is 0 Å². The minimum absolute atomic E-state index is 0.748. The average Bonchev–Trinajstić information content (AvgIpc) is 2.38. The lowest BCUT2D eigenvalue weighted by molar-refractivity contribution is -0.879. The molecule has 0 saturated heterocycles. The van der Waals surface area contributed by atoms with Gasteiger partial charge in [-0.2, -0.15) is 0 Å². The third-order valence-corrected chi connectivity index (χ3v) is 4.35. The van der Waals surface area contributed by atoms with E-state index in [1.807, 2.05) is 0 Å². The van der Waals surface area contributed by atoms with Gasteiger partial charge >= 0.3 is 0 Å². The molecule has 0 heterocycles. The number of rotatable bonds is 7. The molecule has 0 aromatic heterocycles. The van der Waals surface area contributed by atoms with Gasteiger partial charge in [-0.25, -0.2) is 8.97 Å². The van der Waals surface area contributed by atoms with E-state index < -0.39 is 0 Å². The lowest BCUT2D eigenvalue weighted by Crippen LogP contribution is -2.56. The summed E-state index contributed by atoms with van der Waals surface area (Å²) in [6, 6.07) is 8.77. The van der Waals surface area contributed by atoms with Gasteiger partial charge in [-0.1, -0.05) is 26.0 Å². The number of hydrogen-bond donors (Lipinski definition) is 0. The Morgan fingerprint density at radius 3 is 2.05 bits per heavy atom. The Hall–Kier alpha value is -1.12. The molecule has 0 unspecified atom stereocenters. The first-order valence-electron chi connectivity index (χ1n) is 7.73. The Kier molecular flexibility index (Phi) is 5.55. The summed E-state index contributed by atoms with van der Waals surface area (Å²) in [5.74, 6) is 1.26. The molecule has 0 spiro atoms. The van der Waals surface area contributed by atoms with E-state index in [-0.39, 0.29) is 0 Å². The van der Waals surface area contributed by atoms with Crippen LogP contribution < -0.4 is 4.48 Å². The van der Waals surface area contributed by atoms with Crippen LogP contribution in [-0.2, 0) is 0 Å². The molecule has 0 aliphatic heterocycles. The van der Waals surface area contributed by atoms with Crippen LogP contribution in [0.5, 0.6) is 0 Å². The van der Waals surface area contributed by atoms with Crippen molar-refractivity contribution in [2.75, 3.05) is 34.2 Å². The molecule has 0 radical (unpaired) electrons. The summed E-state index contributed by atoms with van der Waals surface area (Å²) in [5.41, 5.74) is 2.62. The van der Waals surface area contributed by atoms with Gasteiger partial charge in [-0.15, -0.1) is 0 Å². The van der Waals surface area contributed by atoms with Crippen LogP contribution in [0.1, 0.15) is 32.3 Å². The smallest absolute Gasteiger partial charge is 0.247 e. The van der Waals surface area contributed by atoms with Crippen molar-refractivity contribution >= 4 is 5.69 Å². The van der Waals surface area contributed by atoms with E-state index in [9.17, 15) is 0 Å². The maximum absolute atomic E-state index is 4.49. The maximum Gasteiger partial charge on any atom is 0.291 e. The van der Waals surface area contributed by atoms with Gasteiger partial charge in [-0.05, 0) is 31.4 Å². The summed E-state index contributed by atoms with van der Waals surface area (Å²) in [7, 11) is 6.82. The van der Waals surface area contributed by atoms with Crippen molar-refractivity contribution in [1.82, 2.24) is 4.48 Å². The molecular formula is C18H32N2+2. The summed E-state index contributed by atoms with van der Waals surface area (Å²) < 4.78 is 1.70. The predicted molar refractivity (Wildman–Crippen MR) is 90.5 cm³/mol. The number of hydrogen-bond acceptors (Lipinski definition) is 0. The minimum atomic E-state index is 0.748. The topological polar surface area (TPSA) is 0 Å². The molecule has 2 heteroatoms. The maximum atomic E-state index is 4.49. The summed E-state index contributed by atoms with van der Waals surface area (Å²) in [4.78, 5) is 0. The van der Waals surface area contributed by atoms with Crippen LogP contribution in [0.3, 0.4) is 0 Å². The molecule has 20 heavy (non-hydrogen) atoms. The quantitative estimate of drug-likeness (QED) is 0.651. The van der Waals surface area contributed by atoms with Gasteiger partial charge in [0, 0.05) is 12.6 Å². The van der Waals surface area contributed by atoms with Crippen LogP contribution in [-0.4, -0.2) is 38.7 Å². The standard InChI is InChI=1S/C18H32N2/c1-8-13-20(7,14-9-2)17(4)19(5,6)18-12-10-11-16(3)15-18/h10-12,15H,4,8-9,13-14H2,1-3,5-7H3/q+2. The van der Waals surface area contributed by atoms with E-state index in [1.54, 1.807) is 0 Å². The molecular weight excluding hydrogens is 244 g/mol. The molecule has 0 aliphatic rings. The Labute approximate surface area is 125 Å². The van der Waals surface area contributed by atoms with Gasteiger partial charge in [0.25, 0.3) is 5.82 Å². The zero-order chi connectivity index (χ0) is 15.4. The van der Waals surface area contributed by atoms with Gasteiger partial charge in [0.05, 0.1) is 34.2 Å². The molecule has 0 fully saturated rings. The Balaban J connectivity index is 3.15. The second-order valence-electron chi connectivity index (χ2n) is 6.55. The lowest BCUT2D eigenvalue weighted by atomic mass is 10.2.